The third-order valence-corrected chi connectivity index (χ3v) is 0. The van der Waals surface area contributed by atoms with Gasteiger partial charge in [0, 0.05) is 0 Å². The second-order valence-corrected chi connectivity index (χ2v) is 3.37. The van der Waals surface area contributed by atoms with Crippen molar-refractivity contribution >= 4 is 0 Å². The van der Waals surface area contributed by atoms with Crippen molar-refractivity contribution in [2.45, 2.75) is 0 Å². The Labute approximate surface area is 127 Å². The average molecular weight is 462 g/mol. The predicted molar refractivity (Wildman–Crippen MR) is 6.62 cm³/mol. The predicted octanol–water partition coefficient (Wildman–Crippen LogP) is -5.60. The van der Waals surface area contributed by atoms with Crippen molar-refractivity contribution in [2.75, 3.05) is 0 Å². The van der Waals surface area contributed by atoms with Crippen LogP contribution in [0.2, 0.25) is 0 Å². The van der Waals surface area contributed by atoms with Crippen molar-refractivity contribution < 1.29 is 128 Å². The Morgan fingerprint density at radius 3 is 0.533 bits per heavy atom. The van der Waals surface area contributed by atoms with Crippen LogP contribution in [0.4, 0.5) is 0 Å². The molecule has 0 rings (SSSR count). The van der Waals surface area contributed by atoms with Crippen LogP contribution in [0.15, 0.2) is 0 Å². The Balaban J connectivity index is -0.0000000128. The smallest absolute Gasteiger partial charge is 2.00 e. The molecule has 0 aliphatic rings. The summed E-state index contributed by atoms with van der Waals surface area (Å²) in [4.78, 5) is 0. The average Bonchev–Trinajstić information content (AvgIpc) is 1.12. The van der Waals surface area contributed by atoms with Crippen LogP contribution in [0.3, 0.4) is 0 Å². The Bertz CT molecular complexity index is 215. The second kappa shape index (κ2) is 18.3. The fraction of sp³-hybridized carbons (Fsp3) is 0. The van der Waals surface area contributed by atoms with Crippen LogP contribution in [-0.4, -0.2) is 11.0 Å². The summed E-state index contributed by atoms with van der Waals surface area (Å²) in [7, 11) is 0. The molecule has 0 radical (unpaired) electrons. The molecular weight excluding hydrogens is 460 g/mol. The molecule has 0 aromatic heterocycles. The first-order valence-corrected chi connectivity index (χ1v) is 5.50. The van der Waals surface area contributed by atoms with Gasteiger partial charge in [0.05, 0.1) is 0 Å². The first-order chi connectivity index (χ1) is 4.00. The zero-order valence-electron chi connectivity index (χ0n) is 7.10. The van der Waals surface area contributed by atoms with Crippen LogP contribution < -0.4 is 16.6 Å². The summed E-state index contributed by atoms with van der Waals surface area (Å²) < 4.78 is 68.8. The van der Waals surface area contributed by atoms with Gasteiger partial charge in [-0.15, -0.1) is 0 Å². The van der Waals surface area contributed by atoms with Crippen molar-refractivity contribution in [1.82, 2.24) is 0 Å². The van der Waals surface area contributed by atoms with E-state index < -0.39 is 27.2 Å². The quantitative estimate of drug-likeness (QED) is 0.311. The monoisotopic (exact) mass is 458 g/mol. The first kappa shape index (κ1) is 43.6. The van der Waals surface area contributed by atoms with E-state index in [0.29, 0.717) is 0 Å². The molecule has 0 atom stereocenters. The maximum absolute atomic E-state index is 8.59. The molecule has 80 valence electrons. The van der Waals surface area contributed by atoms with E-state index in [1.165, 1.54) is 0 Å². The minimum absolute atomic E-state index is 0. The summed E-state index contributed by atoms with van der Waals surface area (Å²) in [6, 6.07) is 0. The van der Waals surface area contributed by atoms with Gasteiger partial charge in [-0.05, 0) is 0 Å². The van der Waals surface area contributed by atoms with Gasteiger partial charge in [0.15, 0.2) is 0 Å². The fourth-order valence-corrected chi connectivity index (χ4v) is 0. The van der Waals surface area contributed by atoms with Gasteiger partial charge in [-0.2, -0.15) is 0 Å². The summed E-state index contributed by atoms with van der Waals surface area (Å²) in [5.74, 6) is 0. The molecule has 0 bridgehead atoms. The van der Waals surface area contributed by atoms with E-state index in [-0.39, 0.29) is 69.4 Å². The summed E-state index contributed by atoms with van der Waals surface area (Å²) in [5, 5.41) is 0. The van der Waals surface area contributed by atoms with E-state index in [0.717, 1.165) is 0 Å². The van der Waals surface area contributed by atoms with Crippen LogP contribution in [0.25, 0.3) is 0 Å². The molecule has 10 nitrogen and oxygen atoms in total. The molecule has 0 fully saturated rings. The maximum atomic E-state index is 8.59. The van der Waals surface area contributed by atoms with Gasteiger partial charge in [0.25, 0.3) is 0 Å². The summed E-state index contributed by atoms with van der Waals surface area (Å²) in [5.41, 5.74) is 0. The molecule has 15 heavy (non-hydrogen) atoms. The minimum Gasteiger partial charge on any atom is 2.00 e. The Kier molecular flexibility index (Phi) is 53.1. The zero-order chi connectivity index (χ0) is 9.00. The summed E-state index contributed by atoms with van der Waals surface area (Å²) >= 11 is -11.5. The molecule has 0 aromatic rings. The SMILES string of the molecule is [OH-].[OH-].[O]=[Cr](=[O])([O-])[O-].[O]=[Cr](=[O])([O-])[O-].[Zn+2].[Zn+2].[Zn+2]. The van der Waals surface area contributed by atoms with Crippen molar-refractivity contribution in [2.24, 2.45) is 0 Å². The normalized spacial score (nSPS) is 7.73. The van der Waals surface area contributed by atoms with Crippen molar-refractivity contribution in [3.63, 3.8) is 0 Å². The largest absolute Gasteiger partial charge is 2.00 e. The maximum Gasteiger partial charge on any atom is 2.00 e. The summed E-state index contributed by atoms with van der Waals surface area (Å²) in [6.45, 7) is 0. The number of rotatable bonds is 0. The second-order valence-electron chi connectivity index (χ2n) is 0.816. The van der Waals surface area contributed by atoms with Gasteiger partial charge in [-0.1, -0.05) is 0 Å². The number of hydrogen-bond donors (Lipinski definition) is 0. The topological polar surface area (TPSA) is 221 Å². The third kappa shape index (κ3) is 855. The van der Waals surface area contributed by atoms with Crippen molar-refractivity contribution in [3.8, 4) is 0 Å². The van der Waals surface area contributed by atoms with E-state index in [2.05, 4.69) is 0 Å². The molecule has 0 saturated carbocycles. The molecule has 0 heterocycles. The van der Waals surface area contributed by atoms with Crippen LogP contribution in [0.1, 0.15) is 0 Å². The van der Waals surface area contributed by atoms with Crippen molar-refractivity contribution in [3.05, 3.63) is 0 Å². The van der Waals surface area contributed by atoms with Crippen LogP contribution in [0, 0.1) is 0 Å². The van der Waals surface area contributed by atoms with E-state index in [9.17, 15) is 0 Å². The molecule has 0 amide bonds. The van der Waals surface area contributed by atoms with E-state index in [1.54, 1.807) is 0 Å². The molecule has 0 unspecified atom stereocenters. The van der Waals surface area contributed by atoms with Gasteiger partial charge in [-0.3, -0.25) is 0 Å². The summed E-state index contributed by atoms with van der Waals surface area (Å²) in [6.07, 6.45) is 0. The van der Waals surface area contributed by atoms with Gasteiger partial charge in [-0.25, -0.2) is 0 Å². The van der Waals surface area contributed by atoms with Crippen LogP contribution in [0.5, 0.6) is 0 Å². The number of hydrogen-bond acceptors (Lipinski definition) is 10. The van der Waals surface area contributed by atoms with Gasteiger partial charge in [0.2, 0.25) is 0 Å². The Hall–Kier alpha value is 1.90. The molecular formula is H2Cr2O10Zn3. The molecule has 0 saturated heterocycles. The van der Waals surface area contributed by atoms with Gasteiger partial charge >= 0.3 is 118 Å². The first-order valence-electron chi connectivity index (χ1n) is 1.33. The van der Waals surface area contributed by atoms with E-state index in [4.69, 9.17) is 31.8 Å². The molecule has 2 N–H and O–H groups in total. The standard InChI is InChI=1S/2Cr.2H2O.8O.3Zn/h;;2*1H2;;;;;;;;;;;/q;;;;;;;;4*-1;3*+2/p-2. The Morgan fingerprint density at radius 1 is 0.533 bits per heavy atom. The molecule has 15 heteroatoms. The van der Waals surface area contributed by atoms with Gasteiger partial charge < -0.3 is 11.0 Å². The zero-order valence-corrected chi connectivity index (χ0v) is 18.5. The molecule has 0 spiro atoms. The molecule has 0 aliphatic carbocycles. The molecule has 0 aliphatic heterocycles. The third-order valence-electron chi connectivity index (χ3n) is 0. The van der Waals surface area contributed by atoms with Crippen molar-refractivity contribution in [1.29, 1.82) is 0 Å². The van der Waals surface area contributed by atoms with Crippen LogP contribution >= 0.6 is 0 Å². The van der Waals surface area contributed by atoms with Crippen LogP contribution in [-0.2, 0) is 101 Å². The fourth-order valence-electron chi connectivity index (χ4n) is 0. The molecule has 0 aromatic carbocycles. The van der Waals surface area contributed by atoms with E-state index in [1.807, 2.05) is 0 Å². The Morgan fingerprint density at radius 2 is 0.533 bits per heavy atom. The van der Waals surface area contributed by atoms with Gasteiger partial charge in [0.1, 0.15) is 0 Å². The van der Waals surface area contributed by atoms with E-state index >= 15 is 0 Å². The minimum atomic E-state index is -5.75.